The minimum absolute atomic E-state index is 0. The molecule has 0 spiro atoms. The van der Waals surface area contributed by atoms with Crippen LogP contribution in [0.25, 0.3) is 5.57 Å². The van der Waals surface area contributed by atoms with Crippen LogP contribution < -0.4 is 0 Å². The number of aromatic nitrogens is 1. The molecule has 1 N–H and O–H groups in total. The van der Waals surface area contributed by atoms with Gasteiger partial charge in [-0.2, -0.15) is 0 Å². The van der Waals surface area contributed by atoms with E-state index in [9.17, 15) is 5.11 Å². The second-order valence-electron chi connectivity index (χ2n) is 5.05. The summed E-state index contributed by atoms with van der Waals surface area (Å²) in [5, 5.41) is 9.77. The number of nitrogens with zero attached hydrogens (tertiary/aromatic N) is 2. The Morgan fingerprint density at radius 1 is 1.10 bits per heavy atom. The van der Waals surface area contributed by atoms with Crippen molar-refractivity contribution in [3.63, 3.8) is 0 Å². The van der Waals surface area contributed by atoms with Crippen LogP contribution in [0.1, 0.15) is 17.7 Å². The van der Waals surface area contributed by atoms with Gasteiger partial charge in [0.2, 0.25) is 0 Å². The molecular weight excluding hydrogens is 284 g/mol. The molecule has 21 heavy (non-hydrogen) atoms. The van der Waals surface area contributed by atoms with E-state index in [4.69, 9.17) is 0 Å². The largest absolute Gasteiger partial charge is 0.506 e. The van der Waals surface area contributed by atoms with Crippen molar-refractivity contribution in [2.75, 3.05) is 13.1 Å². The van der Waals surface area contributed by atoms with Crippen molar-refractivity contribution in [1.82, 2.24) is 9.88 Å². The number of halogens is 1. The number of benzene rings is 1. The van der Waals surface area contributed by atoms with Crippen LogP contribution in [-0.2, 0) is 6.54 Å². The number of aromatic hydroxyl groups is 1. The Balaban J connectivity index is 0.00000161. The van der Waals surface area contributed by atoms with Crippen LogP contribution in [0.2, 0.25) is 0 Å². The summed E-state index contributed by atoms with van der Waals surface area (Å²) in [5.74, 6) is 0.283. The quantitative estimate of drug-likeness (QED) is 0.943. The minimum Gasteiger partial charge on any atom is -0.506 e. The zero-order chi connectivity index (χ0) is 13.8. The average Bonchev–Trinajstić information content (AvgIpc) is 2.51. The van der Waals surface area contributed by atoms with Gasteiger partial charge in [-0.15, -0.1) is 12.4 Å². The highest BCUT2D eigenvalue weighted by atomic mass is 35.5. The Kier molecular flexibility index (Phi) is 5.37. The molecule has 3 nitrogen and oxygen atoms in total. The van der Waals surface area contributed by atoms with Crippen molar-refractivity contribution in [1.29, 1.82) is 0 Å². The molecule has 110 valence electrons. The van der Waals surface area contributed by atoms with Crippen LogP contribution in [0.15, 0.2) is 54.7 Å². The molecule has 0 atom stereocenters. The van der Waals surface area contributed by atoms with Gasteiger partial charge in [-0.1, -0.05) is 36.4 Å². The number of pyridine rings is 1. The molecule has 1 aliphatic rings. The van der Waals surface area contributed by atoms with E-state index in [0.717, 1.165) is 25.2 Å². The van der Waals surface area contributed by atoms with Crippen molar-refractivity contribution in [3.8, 4) is 5.75 Å². The first-order chi connectivity index (χ1) is 9.83. The molecule has 0 aliphatic carbocycles. The minimum atomic E-state index is 0. The Hall–Kier alpha value is -1.84. The molecule has 2 heterocycles. The molecule has 0 saturated carbocycles. The van der Waals surface area contributed by atoms with Crippen molar-refractivity contribution >= 4 is 18.0 Å². The molecule has 0 bridgehead atoms. The predicted octanol–water partition coefficient (Wildman–Crippen LogP) is 3.50. The molecule has 0 saturated heterocycles. The average molecular weight is 303 g/mol. The van der Waals surface area contributed by atoms with Gasteiger partial charge in [0.05, 0.1) is 5.69 Å². The summed E-state index contributed by atoms with van der Waals surface area (Å²) < 4.78 is 0. The fourth-order valence-corrected chi connectivity index (χ4v) is 2.53. The smallest absolute Gasteiger partial charge is 0.138 e. The van der Waals surface area contributed by atoms with E-state index in [1.807, 2.05) is 6.07 Å². The standard InChI is InChI=1S/C17H18N2O.ClH/c20-17-7-4-10-18-16(17)13-19-11-8-15(9-12-19)14-5-2-1-3-6-14;/h1-8,10,20H,9,11-13H2;1H. The normalized spacial score (nSPS) is 15.1. The number of rotatable bonds is 3. The molecule has 0 unspecified atom stereocenters. The van der Waals surface area contributed by atoms with Crippen LogP contribution >= 0.6 is 12.4 Å². The Labute approximate surface area is 131 Å². The van der Waals surface area contributed by atoms with E-state index < -0.39 is 0 Å². The highest BCUT2D eigenvalue weighted by molar-refractivity contribution is 5.85. The van der Waals surface area contributed by atoms with Gasteiger partial charge in [0, 0.05) is 25.8 Å². The zero-order valence-corrected chi connectivity index (χ0v) is 12.6. The molecule has 1 aromatic heterocycles. The highest BCUT2D eigenvalue weighted by Crippen LogP contribution is 2.23. The van der Waals surface area contributed by atoms with Gasteiger partial charge in [0.15, 0.2) is 0 Å². The summed E-state index contributed by atoms with van der Waals surface area (Å²) in [6.45, 7) is 2.60. The molecular formula is C17H19ClN2O. The third-order valence-corrected chi connectivity index (χ3v) is 3.68. The maximum Gasteiger partial charge on any atom is 0.138 e. The molecule has 0 fully saturated rings. The van der Waals surface area contributed by atoms with Crippen LogP contribution in [-0.4, -0.2) is 28.1 Å². The van der Waals surface area contributed by atoms with E-state index in [1.165, 1.54) is 11.1 Å². The first-order valence-corrected chi connectivity index (χ1v) is 6.92. The van der Waals surface area contributed by atoms with Crippen LogP contribution in [0.4, 0.5) is 0 Å². The Bertz CT molecular complexity index is 613. The van der Waals surface area contributed by atoms with Crippen molar-refractivity contribution in [2.45, 2.75) is 13.0 Å². The first kappa shape index (κ1) is 15.5. The lowest BCUT2D eigenvalue weighted by molar-refractivity contribution is 0.285. The first-order valence-electron chi connectivity index (χ1n) is 6.92. The third kappa shape index (κ3) is 3.84. The predicted molar refractivity (Wildman–Crippen MR) is 87.5 cm³/mol. The third-order valence-electron chi connectivity index (χ3n) is 3.68. The Morgan fingerprint density at radius 3 is 2.57 bits per heavy atom. The maximum atomic E-state index is 9.77. The molecule has 1 aliphatic heterocycles. The van der Waals surface area contributed by atoms with E-state index in [0.29, 0.717) is 6.54 Å². The van der Waals surface area contributed by atoms with Gasteiger partial charge in [-0.25, -0.2) is 0 Å². The topological polar surface area (TPSA) is 36.4 Å². The summed E-state index contributed by atoms with van der Waals surface area (Å²) >= 11 is 0. The van der Waals surface area contributed by atoms with Gasteiger partial charge in [0.1, 0.15) is 5.75 Å². The Morgan fingerprint density at radius 2 is 1.90 bits per heavy atom. The van der Waals surface area contributed by atoms with Crippen molar-refractivity contribution in [2.24, 2.45) is 0 Å². The summed E-state index contributed by atoms with van der Waals surface area (Å²) in [6, 6.07) is 14.0. The lowest BCUT2D eigenvalue weighted by Crippen LogP contribution is -2.28. The zero-order valence-electron chi connectivity index (χ0n) is 11.8. The van der Waals surface area contributed by atoms with Gasteiger partial charge in [-0.05, 0) is 29.7 Å². The fraction of sp³-hybridized carbons (Fsp3) is 0.235. The van der Waals surface area contributed by atoms with Gasteiger partial charge < -0.3 is 5.11 Å². The lowest BCUT2D eigenvalue weighted by Gasteiger charge is -2.26. The van der Waals surface area contributed by atoms with E-state index in [2.05, 4.69) is 40.2 Å². The van der Waals surface area contributed by atoms with Gasteiger partial charge >= 0.3 is 0 Å². The molecule has 2 aromatic rings. The molecule has 0 amide bonds. The highest BCUT2D eigenvalue weighted by Gasteiger charge is 2.14. The van der Waals surface area contributed by atoms with Crippen molar-refractivity contribution < 1.29 is 5.11 Å². The second kappa shape index (κ2) is 7.25. The van der Waals surface area contributed by atoms with Gasteiger partial charge in [0.25, 0.3) is 0 Å². The van der Waals surface area contributed by atoms with Crippen LogP contribution in [0, 0.1) is 0 Å². The number of hydrogen-bond donors (Lipinski definition) is 1. The summed E-state index contributed by atoms with van der Waals surface area (Å²) in [7, 11) is 0. The van der Waals surface area contributed by atoms with Crippen LogP contribution in [0.3, 0.4) is 0 Å². The maximum absolute atomic E-state index is 9.77. The summed E-state index contributed by atoms with van der Waals surface area (Å²) in [4.78, 5) is 6.54. The van der Waals surface area contributed by atoms with E-state index >= 15 is 0 Å². The lowest BCUT2D eigenvalue weighted by atomic mass is 9.99. The van der Waals surface area contributed by atoms with Gasteiger partial charge in [-0.3, -0.25) is 9.88 Å². The van der Waals surface area contributed by atoms with E-state index in [1.54, 1.807) is 18.3 Å². The second-order valence-corrected chi connectivity index (χ2v) is 5.05. The monoisotopic (exact) mass is 302 g/mol. The SMILES string of the molecule is Cl.Oc1cccnc1CN1CC=C(c2ccccc2)CC1. The molecule has 0 radical (unpaired) electrons. The van der Waals surface area contributed by atoms with Crippen molar-refractivity contribution in [3.05, 3.63) is 66.0 Å². The molecule has 3 rings (SSSR count). The number of hydrogen-bond acceptors (Lipinski definition) is 3. The summed E-state index contributed by atoms with van der Waals surface area (Å²) in [6.07, 6.45) is 5.04. The molecule has 1 aromatic carbocycles. The van der Waals surface area contributed by atoms with Crippen LogP contribution in [0.5, 0.6) is 5.75 Å². The molecule has 4 heteroatoms. The fourth-order valence-electron chi connectivity index (χ4n) is 2.53. The summed E-state index contributed by atoms with van der Waals surface area (Å²) in [5.41, 5.74) is 3.48. The van der Waals surface area contributed by atoms with E-state index in [-0.39, 0.29) is 18.2 Å².